The molecule has 1 aromatic carbocycles. The lowest BCUT2D eigenvalue weighted by Gasteiger charge is -2.17. The standard InChI is InChI=1S/C14H19F4N/c1-3-4-5-10(2)19-9-11-6-7-12(15)8-13(11)14(16,17)18/h6-8,10,19H,3-5,9H2,1-2H3. The van der Waals surface area contributed by atoms with Gasteiger partial charge >= 0.3 is 6.18 Å². The number of alkyl halides is 3. The lowest BCUT2D eigenvalue weighted by atomic mass is 10.1. The van der Waals surface area contributed by atoms with E-state index in [0.29, 0.717) is 6.07 Å². The van der Waals surface area contributed by atoms with Gasteiger partial charge in [-0.1, -0.05) is 25.8 Å². The van der Waals surface area contributed by atoms with Crippen LogP contribution in [0.1, 0.15) is 44.2 Å². The molecule has 1 unspecified atom stereocenters. The summed E-state index contributed by atoms with van der Waals surface area (Å²) in [6.07, 6.45) is -1.52. The van der Waals surface area contributed by atoms with Crippen LogP contribution in [0.4, 0.5) is 17.6 Å². The lowest BCUT2D eigenvalue weighted by Crippen LogP contribution is -2.26. The molecule has 0 bridgehead atoms. The second-order valence-corrected chi connectivity index (χ2v) is 4.72. The minimum atomic E-state index is -4.52. The summed E-state index contributed by atoms with van der Waals surface area (Å²) in [5.74, 6) is -0.866. The van der Waals surface area contributed by atoms with Gasteiger partial charge in [-0.05, 0) is 31.0 Å². The molecule has 1 atom stereocenters. The first-order valence-electron chi connectivity index (χ1n) is 6.43. The number of halogens is 4. The number of hydrogen-bond donors (Lipinski definition) is 1. The first kappa shape index (κ1) is 16.0. The average Bonchev–Trinajstić information content (AvgIpc) is 2.33. The maximum atomic E-state index is 12.9. The van der Waals surface area contributed by atoms with Crippen molar-refractivity contribution in [2.24, 2.45) is 0 Å². The fourth-order valence-corrected chi connectivity index (χ4v) is 1.86. The van der Waals surface area contributed by atoms with Crippen LogP contribution < -0.4 is 5.32 Å². The fraction of sp³-hybridized carbons (Fsp3) is 0.571. The minimum Gasteiger partial charge on any atom is -0.310 e. The van der Waals surface area contributed by atoms with Crippen LogP contribution in [0, 0.1) is 5.82 Å². The quantitative estimate of drug-likeness (QED) is 0.754. The Morgan fingerprint density at radius 2 is 1.95 bits per heavy atom. The van der Waals surface area contributed by atoms with E-state index in [1.54, 1.807) is 0 Å². The molecule has 0 aliphatic rings. The van der Waals surface area contributed by atoms with Crippen molar-refractivity contribution in [3.8, 4) is 0 Å². The maximum absolute atomic E-state index is 12.9. The number of nitrogens with one attached hydrogen (secondary N) is 1. The predicted molar refractivity (Wildman–Crippen MR) is 67.2 cm³/mol. The van der Waals surface area contributed by atoms with E-state index in [-0.39, 0.29) is 18.2 Å². The maximum Gasteiger partial charge on any atom is 0.416 e. The van der Waals surface area contributed by atoms with Crippen molar-refractivity contribution in [3.05, 3.63) is 35.1 Å². The van der Waals surface area contributed by atoms with Crippen molar-refractivity contribution >= 4 is 0 Å². The number of unbranched alkanes of at least 4 members (excludes halogenated alkanes) is 1. The normalized spacial score (nSPS) is 13.6. The third kappa shape index (κ3) is 5.19. The van der Waals surface area contributed by atoms with E-state index in [1.165, 1.54) is 6.07 Å². The Balaban J connectivity index is 2.73. The molecular weight excluding hydrogens is 258 g/mol. The van der Waals surface area contributed by atoms with Crippen molar-refractivity contribution in [2.75, 3.05) is 0 Å². The van der Waals surface area contributed by atoms with Crippen LogP contribution in [0.2, 0.25) is 0 Å². The minimum absolute atomic E-state index is 0.0808. The molecule has 5 heteroatoms. The Bertz CT molecular complexity index is 401. The molecule has 0 aromatic heterocycles. The molecule has 0 radical (unpaired) electrons. The van der Waals surface area contributed by atoms with E-state index in [1.807, 2.05) is 6.92 Å². The zero-order chi connectivity index (χ0) is 14.5. The molecule has 0 saturated heterocycles. The predicted octanol–water partition coefficient (Wildman–Crippen LogP) is 4.51. The van der Waals surface area contributed by atoms with E-state index in [2.05, 4.69) is 12.2 Å². The van der Waals surface area contributed by atoms with Crippen molar-refractivity contribution in [1.29, 1.82) is 0 Å². The molecular formula is C14H19F4N. The first-order valence-corrected chi connectivity index (χ1v) is 6.43. The molecule has 0 amide bonds. The molecule has 108 valence electrons. The fourth-order valence-electron chi connectivity index (χ4n) is 1.86. The Kier molecular flexibility index (Phi) is 5.79. The van der Waals surface area contributed by atoms with Crippen LogP contribution in [0.3, 0.4) is 0 Å². The summed E-state index contributed by atoms with van der Waals surface area (Å²) in [5.41, 5.74) is -0.820. The molecule has 19 heavy (non-hydrogen) atoms. The van der Waals surface area contributed by atoms with E-state index < -0.39 is 17.6 Å². The number of rotatable bonds is 6. The van der Waals surface area contributed by atoms with Gasteiger partial charge in [-0.15, -0.1) is 0 Å². The van der Waals surface area contributed by atoms with E-state index in [9.17, 15) is 17.6 Å². The van der Waals surface area contributed by atoms with Crippen molar-refractivity contribution in [1.82, 2.24) is 5.32 Å². The second-order valence-electron chi connectivity index (χ2n) is 4.72. The molecule has 1 nitrogen and oxygen atoms in total. The van der Waals surface area contributed by atoms with Gasteiger partial charge in [0.25, 0.3) is 0 Å². The Labute approximate surface area is 111 Å². The smallest absolute Gasteiger partial charge is 0.310 e. The third-order valence-corrected chi connectivity index (χ3v) is 3.01. The van der Waals surface area contributed by atoms with E-state index >= 15 is 0 Å². The lowest BCUT2D eigenvalue weighted by molar-refractivity contribution is -0.138. The summed E-state index contributed by atoms with van der Waals surface area (Å²) < 4.78 is 51.2. The summed E-state index contributed by atoms with van der Waals surface area (Å²) in [6.45, 7) is 4.10. The summed E-state index contributed by atoms with van der Waals surface area (Å²) in [7, 11) is 0. The largest absolute Gasteiger partial charge is 0.416 e. The summed E-state index contributed by atoms with van der Waals surface area (Å²) in [4.78, 5) is 0. The van der Waals surface area contributed by atoms with Crippen molar-refractivity contribution < 1.29 is 17.6 Å². The van der Waals surface area contributed by atoms with Gasteiger partial charge in [0.15, 0.2) is 0 Å². The molecule has 1 rings (SSSR count). The number of benzene rings is 1. The monoisotopic (exact) mass is 277 g/mol. The van der Waals surface area contributed by atoms with Gasteiger partial charge in [-0.25, -0.2) is 4.39 Å². The first-order chi connectivity index (χ1) is 8.84. The van der Waals surface area contributed by atoms with Gasteiger partial charge in [0, 0.05) is 12.6 Å². The SMILES string of the molecule is CCCCC(C)NCc1ccc(F)cc1C(F)(F)F. The highest BCUT2D eigenvalue weighted by atomic mass is 19.4. The van der Waals surface area contributed by atoms with E-state index in [0.717, 1.165) is 25.3 Å². The van der Waals surface area contributed by atoms with Crippen molar-refractivity contribution in [2.45, 2.75) is 51.9 Å². The zero-order valence-electron chi connectivity index (χ0n) is 11.1. The topological polar surface area (TPSA) is 12.0 Å². The van der Waals surface area contributed by atoms with Crippen LogP contribution in [0.5, 0.6) is 0 Å². The highest BCUT2D eigenvalue weighted by Crippen LogP contribution is 2.32. The Morgan fingerprint density at radius 3 is 2.53 bits per heavy atom. The third-order valence-electron chi connectivity index (χ3n) is 3.01. The van der Waals surface area contributed by atoms with Gasteiger partial charge in [0.2, 0.25) is 0 Å². The van der Waals surface area contributed by atoms with Crippen molar-refractivity contribution in [3.63, 3.8) is 0 Å². The highest BCUT2D eigenvalue weighted by Gasteiger charge is 2.33. The van der Waals surface area contributed by atoms with Gasteiger partial charge in [-0.3, -0.25) is 0 Å². The summed E-state index contributed by atoms with van der Waals surface area (Å²) in [6, 6.07) is 2.94. The van der Waals surface area contributed by atoms with Gasteiger partial charge in [0.1, 0.15) is 5.82 Å². The Hall–Kier alpha value is -1.10. The van der Waals surface area contributed by atoms with Crippen LogP contribution in [0.15, 0.2) is 18.2 Å². The molecule has 0 spiro atoms. The molecule has 0 heterocycles. The number of hydrogen-bond acceptors (Lipinski definition) is 1. The summed E-state index contributed by atoms with van der Waals surface area (Å²) in [5, 5.41) is 3.04. The zero-order valence-corrected chi connectivity index (χ0v) is 11.1. The summed E-state index contributed by atoms with van der Waals surface area (Å²) >= 11 is 0. The molecule has 1 aromatic rings. The van der Waals surface area contributed by atoms with Crippen LogP contribution in [-0.4, -0.2) is 6.04 Å². The average molecular weight is 277 g/mol. The second kappa shape index (κ2) is 6.89. The Morgan fingerprint density at radius 1 is 1.26 bits per heavy atom. The van der Waals surface area contributed by atoms with Crippen LogP contribution >= 0.6 is 0 Å². The highest BCUT2D eigenvalue weighted by molar-refractivity contribution is 5.30. The van der Waals surface area contributed by atoms with Gasteiger partial charge in [-0.2, -0.15) is 13.2 Å². The van der Waals surface area contributed by atoms with Gasteiger partial charge < -0.3 is 5.32 Å². The van der Waals surface area contributed by atoms with Gasteiger partial charge in [0.05, 0.1) is 5.56 Å². The van der Waals surface area contributed by atoms with Crippen LogP contribution in [-0.2, 0) is 12.7 Å². The molecule has 0 fully saturated rings. The molecule has 0 saturated carbocycles. The molecule has 1 N–H and O–H groups in total. The molecule has 0 aliphatic carbocycles. The molecule has 0 aliphatic heterocycles. The van der Waals surface area contributed by atoms with Crippen LogP contribution in [0.25, 0.3) is 0 Å². The van der Waals surface area contributed by atoms with E-state index in [4.69, 9.17) is 0 Å².